The number of phosphoric ester groups is 1. The Bertz CT molecular complexity index is 1410. The van der Waals surface area contributed by atoms with E-state index >= 15 is 0 Å². The number of phosphoric acid groups is 1. The monoisotopic (exact) mass is 482 g/mol. The molecule has 0 bridgehead atoms. The molecule has 14 heteroatoms. The van der Waals surface area contributed by atoms with Crippen molar-refractivity contribution in [1.82, 2.24) is 9.55 Å². The van der Waals surface area contributed by atoms with Crippen LogP contribution in [-0.2, 0) is 13.8 Å². The van der Waals surface area contributed by atoms with Gasteiger partial charge in [0.1, 0.15) is 29.6 Å². The SMILES string of the molecule is Cc1cc(=O)oc2cc(OP(=O)(O)O[C@H]3[C@@H](O)[C@H](n4ccc(=O)[nH]c4=O)O[C@@H]3CO)ccc12. The van der Waals surface area contributed by atoms with Crippen LogP contribution < -0.4 is 21.4 Å². The van der Waals surface area contributed by atoms with E-state index in [1.807, 2.05) is 4.98 Å². The molecule has 1 aromatic carbocycles. The van der Waals surface area contributed by atoms with Crippen LogP contribution in [0.5, 0.6) is 5.75 Å². The number of ether oxygens (including phenoxy) is 1. The molecule has 176 valence electrons. The first-order chi connectivity index (χ1) is 15.6. The summed E-state index contributed by atoms with van der Waals surface area (Å²) in [7, 11) is -4.91. The van der Waals surface area contributed by atoms with Gasteiger partial charge in [0.25, 0.3) is 5.56 Å². The van der Waals surface area contributed by atoms with Gasteiger partial charge < -0.3 is 23.9 Å². The molecule has 0 aliphatic carbocycles. The first kappa shape index (κ1) is 23.1. The molecule has 1 aliphatic heterocycles. The summed E-state index contributed by atoms with van der Waals surface area (Å²) >= 11 is 0. The number of fused-ring (bicyclic) bond motifs is 1. The number of H-pyrrole nitrogens is 1. The van der Waals surface area contributed by atoms with Crippen LogP contribution in [0.1, 0.15) is 11.8 Å². The van der Waals surface area contributed by atoms with Crippen molar-refractivity contribution in [2.45, 2.75) is 31.5 Å². The third-order valence-corrected chi connectivity index (χ3v) is 5.96. The van der Waals surface area contributed by atoms with Gasteiger partial charge in [-0.2, -0.15) is 0 Å². The second kappa shape index (κ2) is 8.71. The molecule has 0 spiro atoms. The van der Waals surface area contributed by atoms with Gasteiger partial charge >= 0.3 is 19.1 Å². The molecule has 0 saturated carbocycles. The first-order valence-corrected chi connectivity index (χ1v) is 11.1. The molecule has 1 unspecified atom stereocenters. The van der Waals surface area contributed by atoms with Crippen LogP contribution in [0.15, 0.2) is 55.3 Å². The minimum atomic E-state index is -4.91. The van der Waals surface area contributed by atoms with Gasteiger partial charge in [-0.25, -0.2) is 14.2 Å². The Morgan fingerprint density at radius 3 is 2.67 bits per heavy atom. The van der Waals surface area contributed by atoms with E-state index in [1.165, 1.54) is 24.3 Å². The second-order valence-corrected chi connectivity index (χ2v) is 8.62. The molecule has 1 fully saturated rings. The van der Waals surface area contributed by atoms with Gasteiger partial charge in [0.15, 0.2) is 6.23 Å². The van der Waals surface area contributed by atoms with Gasteiger partial charge in [0.05, 0.1) is 6.61 Å². The van der Waals surface area contributed by atoms with Gasteiger partial charge in [-0.15, -0.1) is 0 Å². The number of aliphatic hydroxyl groups excluding tert-OH is 2. The van der Waals surface area contributed by atoms with Crippen LogP contribution in [0.2, 0.25) is 0 Å². The van der Waals surface area contributed by atoms with Crippen LogP contribution in [-0.4, -0.2) is 49.6 Å². The molecular formula is C19H19N2O11P. The molecule has 2 aromatic heterocycles. The zero-order chi connectivity index (χ0) is 23.9. The Morgan fingerprint density at radius 2 is 1.97 bits per heavy atom. The standard InChI is InChI=1S/C19H19N2O11P/c1-9-6-15(24)29-12-7-10(2-3-11(9)12)31-33(27,28)32-17-13(8-22)30-18(16(17)25)21-5-4-14(23)20-19(21)26/h2-7,13,16-18,22,25H,8H2,1H3,(H,27,28)(H,20,23,26)/t13-,16-,17-,18-/m1/s1. The highest BCUT2D eigenvalue weighted by Gasteiger charge is 2.49. The third kappa shape index (κ3) is 4.69. The highest BCUT2D eigenvalue weighted by molar-refractivity contribution is 7.47. The number of nitrogens with zero attached hydrogens (tertiary/aromatic N) is 1. The summed E-state index contributed by atoms with van der Waals surface area (Å²) < 4.78 is 34.0. The van der Waals surface area contributed by atoms with Gasteiger partial charge in [-0.3, -0.25) is 23.8 Å². The quantitative estimate of drug-likeness (QED) is 0.268. The number of hydrogen-bond donors (Lipinski definition) is 4. The highest BCUT2D eigenvalue weighted by Crippen LogP contribution is 2.48. The van der Waals surface area contributed by atoms with Gasteiger partial charge in [-0.1, -0.05) is 0 Å². The minimum Gasteiger partial charge on any atom is -0.423 e. The van der Waals surface area contributed by atoms with Crippen molar-refractivity contribution in [2.24, 2.45) is 0 Å². The summed E-state index contributed by atoms with van der Waals surface area (Å²) in [6.07, 6.45) is -4.92. The maximum atomic E-state index is 12.6. The topological polar surface area (TPSA) is 191 Å². The van der Waals surface area contributed by atoms with Gasteiger partial charge in [-0.05, 0) is 24.6 Å². The lowest BCUT2D eigenvalue weighted by Crippen LogP contribution is -2.38. The number of nitrogens with one attached hydrogen (secondary N) is 1. The predicted molar refractivity (Wildman–Crippen MR) is 111 cm³/mol. The molecule has 13 nitrogen and oxygen atoms in total. The van der Waals surface area contributed by atoms with E-state index in [1.54, 1.807) is 6.92 Å². The molecule has 4 N–H and O–H groups in total. The van der Waals surface area contributed by atoms with Gasteiger partial charge in [0, 0.05) is 29.8 Å². The number of aromatic nitrogens is 2. The minimum absolute atomic E-state index is 0.118. The Balaban J connectivity index is 1.57. The van der Waals surface area contributed by atoms with E-state index in [-0.39, 0.29) is 11.3 Å². The molecule has 33 heavy (non-hydrogen) atoms. The Morgan fingerprint density at radius 1 is 1.21 bits per heavy atom. The predicted octanol–water partition coefficient (Wildman–Crippen LogP) is -0.233. The average Bonchev–Trinajstić information content (AvgIpc) is 3.02. The number of aromatic amines is 1. The number of benzene rings is 1. The summed E-state index contributed by atoms with van der Waals surface area (Å²) in [5.74, 6) is -0.163. The lowest BCUT2D eigenvalue weighted by molar-refractivity contribution is -0.0548. The Kier molecular flexibility index (Phi) is 6.10. The number of aliphatic hydroxyl groups is 2. The van der Waals surface area contributed by atoms with Crippen LogP contribution >= 0.6 is 7.82 Å². The van der Waals surface area contributed by atoms with E-state index in [0.29, 0.717) is 10.9 Å². The maximum absolute atomic E-state index is 12.6. The van der Waals surface area contributed by atoms with E-state index in [0.717, 1.165) is 16.8 Å². The maximum Gasteiger partial charge on any atom is 0.527 e. The molecule has 5 atom stereocenters. The second-order valence-electron chi connectivity index (χ2n) is 7.29. The van der Waals surface area contributed by atoms with Crippen molar-refractivity contribution in [3.05, 3.63) is 73.4 Å². The normalized spacial score (nSPS) is 24.6. The summed E-state index contributed by atoms with van der Waals surface area (Å²) in [6, 6.07) is 6.41. The zero-order valence-corrected chi connectivity index (χ0v) is 17.9. The Hall–Kier alpha value is -3.06. The highest BCUT2D eigenvalue weighted by atomic mass is 31.2. The summed E-state index contributed by atoms with van der Waals surface area (Å²) in [6.45, 7) is 0.969. The molecule has 3 heterocycles. The van der Waals surface area contributed by atoms with Gasteiger partial charge in [0.2, 0.25) is 0 Å². The fourth-order valence-electron chi connectivity index (χ4n) is 3.52. The zero-order valence-electron chi connectivity index (χ0n) is 17.0. The lowest BCUT2D eigenvalue weighted by Gasteiger charge is -2.22. The third-order valence-electron chi connectivity index (χ3n) is 5.01. The average molecular weight is 482 g/mol. The summed E-state index contributed by atoms with van der Waals surface area (Å²) in [5.41, 5.74) is -1.43. The largest absolute Gasteiger partial charge is 0.527 e. The fourth-order valence-corrected chi connectivity index (χ4v) is 4.52. The summed E-state index contributed by atoms with van der Waals surface area (Å²) in [5, 5.41) is 20.7. The molecule has 1 aliphatic rings. The molecule has 1 saturated heterocycles. The van der Waals surface area contributed by atoms with Crippen LogP contribution in [0.4, 0.5) is 0 Å². The van der Waals surface area contributed by atoms with E-state index < -0.39 is 55.8 Å². The van der Waals surface area contributed by atoms with Crippen LogP contribution in [0, 0.1) is 6.92 Å². The van der Waals surface area contributed by atoms with Crippen molar-refractivity contribution in [3.8, 4) is 5.75 Å². The fraction of sp³-hybridized carbons (Fsp3) is 0.316. The van der Waals surface area contributed by atoms with Crippen LogP contribution in [0.25, 0.3) is 11.0 Å². The Labute approximate surface area is 184 Å². The first-order valence-electron chi connectivity index (χ1n) is 9.59. The number of rotatable bonds is 6. The molecule has 0 radical (unpaired) electrons. The molecule has 4 rings (SSSR count). The number of hydrogen-bond acceptors (Lipinski definition) is 10. The smallest absolute Gasteiger partial charge is 0.423 e. The molecular weight excluding hydrogens is 463 g/mol. The van der Waals surface area contributed by atoms with Crippen molar-refractivity contribution in [3.63, 3.8) is 0 Å². The lowest BCUT2D eigenvalue weighted by atomic mass is 10.1. The van der Waals surface area contributed by atoms with Crippen molar-refractivity contribution >= 4 is 18.8 Å². The van der Waals surface area contributed by atoms with Crippen molar-refractivity contribution < 1.29 is 37.9 Å². The van der Waals surface area contributed by atoms with Crippen molar-refractivity contribution in [2.75, 3.05) is 6.61 Å². The molecule has 3 aromatic rings. The summed E-state index contributed by atoms with van der Waals surface area (Å²) in [4.78, 5) is 47.1. The van der Waals surface area contributed by atoms with E-state index in [9.17, 15) is 34.1 Å². The van der Waals surface area contributed by atoms with Crippen molar-refractivity contribution in [1.29, 1.82) is 0 Å². The molecule has 0 amide bonds. The van der Waals surface area contributed by atoms with E-state index in [2.05, 4.69) is 0 Å². The van der Waals surface area contributed by atoms with E-state index in [4.69, 9.17) is 18.2 Å². The number of aryl methyl sites for hydroxylation is 1. The van der Waals surface area contributed by atoms with Crippen LogP contribution in [0.3, 0.4) is 0 Å².